The van der Waals surface area contributed by atoms with Gasteiger partial charge in [-0.25, -0.2) is 4.98 Å². The van der Waals surface area contributed by atoms with Crippen LogP contribution in [0.2, 0.25) is 0 Å². The monoisotopic (exact) mass is 1060 g/mol. The van der Waals surface area contributed by atoms with Gasteiger partial charge < -0.3 is 30.5 Å². The molecule has 0 saturated heterocycles. The Morgan fingerprint density at radius 1 is 0.627 bits per heavy atom. The molecule has 0 aromatic heterocycles. The van der Waals surface area contributed by atoms with Crippen molar-refractivity contribution in [1.29, 1.82) is 0 Å². The third kappa shape index (κ3) is 12.7. The number of aldehydes is 2. The Kier molecular flexibility index (Phi) is 19.6. The van der Waals surface area contributed by atoms with Crippen LogP contribution in [0, 0.1) is 0 Å². The molecule has 18 heteroatoms. The molecule has 9 rings (SSSR count). The number of nitrogens with zero attached hydrogens (tertiary/aromatic N) is 4. The molecular formula is C57H64N6O10S2. The average molecular weight is 1060 g/mol. The summed E-state index contributed by atoms with van der Waals surface area (Å²) in [5, 5.41) is 15.9. The number of aromatic hydroxyl groups is 1. The second kappa shape index (κ2) is 25.4. The maximum Gasteiger partial charge on any atom is 0.295 e. The summed E-state index contributed by atoms with van der Waals surface area (Å²) < 4.78 is 64.7. The molecule has 0 saturated carbocycles. The second-order valence-corrected chi connectivity index (χ2v) is 19.5. The number of carbonyl (C=O) groups excluding carboxylic acids is 2. The fraction of sp³-hybridized carbons (Fsp3) is 0.228. The van der Waals surface area contributed by atoms with Gasteiger partial charge in [0.25, 0.3) is 20.2 Å². The number of nitrogen functional groups attached to an aromatic ring is 1. The molecule has 0 unspecified atom stereocenters. The van der Waals surface area contributed by atoms with Crippen LogP contribution >= 0.6 is 0 Å². The van der Waals surface area contributed by atoms with Gasteiger partial charge in [-0.05, 0) is 102 Å². The van der Waals surface area contributed by atoms with Gasteiger partial charge in [-0.2, -0.15) is 16.8 Å². The Morgan fingerprint density at radius 3 is 1.67 bits per heavy atom. The molecule has 0 amide bonds. The van der Waals surface area contributed by atoms with Crippen LogP contribution in [0.5, 0.6) is 5.75 Å². The van der Waals surface area contributed by atoms with E-state index in [1.807, 2.05) is 66.1 Å². The normalized spacial score (nSPS) is 11.1. The summed E-state index contributed by atoms with van der Waals surface area (Å²) in [5.74, 6) is 0.0631. The van der Waals surface area contributed by atoms with Crippen molar-refractivity contribution < 1.29 is 40.6 Å². The van der Waals surface area contributed by atoms with Crippen molar-refractivity contribution >= 4 is 98.9 Å². The number of aromatic nitrogens is 2. The van der Waals surface area contributed by atoms with Crippen LogP contribution in [0.4, 0.5) is 22.7 Å². The number of nitrogens with one attached hydrogen (secondary N) is 1. The third-order valence-corrected chi connectivity index (χ3v) is 14.3. The van der Waals surface area contributed by atoms with Crippen LogP contribution in [-0.4, -0.2) is 85.9 Å². The first-order valence-corrected chi connectivity index (χ1v) is 26.9. The van der Waals surface area contributed by atoms with Crippen molar-refractivity contribution in [1.82, 2.24) is 9.55 Å². The van der Waals surface area contributed by atoms with E-state index in [0.717, 1.165) is 83.7 Å². The van der Waals surface area contributed by atoms with Gasteiger partial charge in [0.1, 0.15) is 15.5 Å². The fourth-order valence-corrected chi connectivity index (χ4v) is 10.2. The standard InChI is InChI=1S/C23H23N3O2.C12H21N3.C11H8O2.C10H8O6S2.CH4/c1-4-25(5-2)15-11-12-19-20(13-15)26(6-3)22-18(14-27)23(28)17-10-8-7-9-16(17)21(22)24-19;1-4-14-12-9-10(7-8-11(12)13)15(5-2)6-3;12-7-9-6-5-8-3-1-2-4-10(8)11(9)13;11-17(12,13)9-5-1-3-7-8(9)4-2-6-10(7)18(14,15)16;/h7-14H,4-6H2,1-3H3;7-9,14H,4-6,13H2,1-3H3;1-7,13H;1-6H,(H,11,12,13)(H,14,15,16);1H4. The molecule has 2 aliphatic rings. The van der Waals surface area contributed by atoms with Crippen molar-refractivity contribution in [2.24, 2.45) is 0 Å². The molecule has 6 N–H and O–H groups in total. The van der Waals surface area contributed by atoms with Crippen molar-refractivity contribution in [3.8, 4) is 17.1 Å². The largest absolute Gasteiger partial charge is 0.507 e. The number of phenolic OH excluding ortho intramolecular Hbond substituents is 1. The fourth-order valence-electron chi connectivity index (χ4n) is 8.81. The second-order valence-electron chi connectivity index (χ2n) is 16.7. The SMILES string of the molecule is C.CCN(CC)c1ccc2nc3c4ccccc4c(=O)c(C=O)c-3n(CC)c2c1.CCNc1cc(N(CC)CC)ccc1N.O=Cc1ccc2ccccc2c1O.O=S(=O)(O)c1cccc2c(S(=O)(=O)O)cccc12. The highest BCUT2D eigenvalue weighted by Gasteiger charge is 2.24. The average Bonchev–Trinajstić information content (AvgIpc) is 3.40. The summed E-state index contributed by atoms with van der Waals surface area (Å²) in [6.45, 7) is 18.1. The first kappa shape index (κ1) is 58.0. The zero-order valence-electron chi connectivity index (χ0n) is 42.0. The van der Waals surface area contributed by atoms with Crippen molar-refractivity contribution in [3.05, 3.63) is 155 Å². The summed E-state index contributed by atoms with van der Waals surface area (Å²) >= 11 is 0. The van der Waals surface area contributed by atoms with E-state index in [1.165, 1.54) is 30.0 Å². The molecule has 0 bridgehead atoms. The molecule has 0 atom stereocenters. The number of anilines is 4. The van der Waals surface area contributed by atoms with Crippen molar-refractivity contribution in [2.75, 3.05) is 53.6 Å². The first-order valence-electron chi connectivity index (χ1n) is 24.0. The third-order valence-electron chi connectivity index (χ3n) is 12.5. The number of rotatable bonds is 13. The van der Waals surface area contributed by atoms with Gasteiger partial charge in [0.2, 0.25) is 0 Å². The minimum atomic E-state index is -4.47. The maximum atomic E-state index is 13.0. The van der Waals surface area contributed by atoms with Crippen LogP contribution in [-0.2, 0) is 26.8 Å². The molecule has 0 radical (unpaired) electrons. The zero-order chi connectivity index (χ0) is 53.9. The summed E-state index contributed by atoms with van der Waals surface area (Å²) in [4.78, 5) is 44.0. The molecular weight excluding hydrogens is 993 g/mol. The Morgan fingerprint density at radius 2 is 1.15 bits per heavy atom. The van der Waals surface area contributed by atoms with Gasteiger partial charge in [0.05, 0.1) is 44.9 Å². The van der Waals surface area contributed by atoms with E-state index in [4.69, 9.17) is 19.8 Å². The summed E-state index contributed by atoms with van der Waals surface area (Å²) in [6.07, 6.45) is 1.33. The number of carbonyl (C=O) groups is 2. The molecule has 7 aromatic carbocycles. The van der Waals surface area contributed by atoms with Crippen LogP contribution in [0.1, 0.15) is 69.7 Å². The van der Waals surface area contributed by atoms with E-state index in [2.05, 4.69) is 74.0 Å². The molecule has 0 fully saturated rings. The van der Waals surface area contributed by atoms with E-state index >= 15 is 0 Å². The lowest BCUT2D eigenvalue weighted by atomic mass is 9.98. The highest BCUT2D eigenvalue weighted by molar-refractivity contribution is 7.86. The number of aryl methyl sites for hydroxylation is 1. The number of benzene rings is 8. The van der Waals surface area contributed by atoms with E-state index in [0.29, 0.717) is 46.8 Å². The van der Waals surface area contributed by atoms with Crippen molar-refractivity contribution in [2.45, 2.75) is 65.3 Å². The minimum Gasteiger partial charge on any atom is -0.507 e. The Bertz CT molecular complexity index is 3670. The first-order chi connectivity index (χ1) is 35.4. The van der Waals surface area contributed by atoms with Gasteiger partial charge in [-0.1, -0.05) is 86.3 Å². The van der Waals surface area contributed by atoms with Crippen LogP contribution in [0.15, 0.2) is 148 Å². The number of fused-ring (bicyclic) bond motifs is 6. The van der Waals surface area contributed by atoms with Gasteiger partial charge in [0.15, 0.2) is 18.0 Å². The minimum absolute atomic E-state index is 0. The smallest absolute Gasteiger partial charge is 0.295 e. The maximum absolute atomic E-state index is 13.0. The predicted molar refractivity (Wildman–Crippen MR) is 305 cm³/mol. The highest BCUT2D eigenvalue weighted by atomic mass is 32.2. The lowest BCUT2D eigenvalue weighted by Gasteiger charge is -2.24. The summed E-state index contributed by atoms with van der Waals surface area (Å²) in [7, 11) is -8.94. The number of nitrogens with two attached hydrogens (primary N) is 1. The summed E-state index contributed by atoms with van der Waals surface area (Å²) in [6, 6.07) is 38.1. The summed E-state index contributed by atoms with van der Waals surface area (Å²) in [5.41, 5.74) is 13.4. The molecule has 0 spiro atoms. The van der Waals surface area contributed by atoms with E-state index < -0.39 is 30.0 Å². The van der Waals surface area contributed by atoms with Gasteiger partial charge in [-0.15, -0.1) is 0 Å². The zero-order valence-corrected chi connectivity index (χ0v) is 43.6. The van der Waals surface area contributed by atoms with Crippen molar-refractivity contribution in [3.63, 3.8) is 0 Å². The lowest BCUT2D eigenvalue weighted by molar-refractivity contribution is 0.111. The molecule has 394 valence electrons. The van der Waals surface area contributed by atoms with Crippen LogP contribution in [0.25, 0.3) is 54.7 Å². The van der Waals surface area contributed by atoms with Crippen LogP contribution in [0.3, 0.4) is 0 Å². The molecule has 7 aromatic rings. The van der Waals surface area contributed by atoms with Gasteiger partial charge in [-0.3, -0.25) is 23.5 Å². The van der Waals surface area contributed by atoms with E-state index in [-0.39, 0.29) is 34.9 Å². The highest BCUT2D eigenvalue weighted by Crippen LogP contribution is 2.35. The predicted octanol–water partition coefficient (Wildman–Crippen LogP) is 11.2. The Balaban J connectivity index is 0.000000193. The van der Waals surface area contributed by atoms with E-state index in [1.54, 1.807) is 18.2 Å². The molecule has 16 nitrogen and oxygen atoms in total. The number of phenols is 1. The molecule has 75 heavy (non-hydrogen) atoms. The number of hydrogen-bond donors (Lipinski definition) is 5. The number of hydrogen-bond acceptors (Lipinski definition) is 13. The van der Waals surface area contributed by atoms with Crippen LogP contribution < -0.4 is 26.3 Å². The quantitative estimate of drug-likeness (QED) is 0.0237. The van der Waals surface area contributed by atoms with E-state index in [9.17, 15) is 36.3 Å². The Labute approximate surface area is 437 Å². The molecule has 1 aliphatic carbocycles. The Hall–Kier alpha value is -7.90. The topological polar surface area (TPSA) is 243 Å². The lowest BCUT2D eigenvalue weighted by Crippen LogP contribution is -2.22. The van der Waals surface area contributed by atoms with Gasteiger partial charge in [0, 0.05) is 77.6 Å². The molecule has 1 heterocycles. The molecule has 1 aliphatic heterocycles. The van der Waals surface area contributed by atoms with Gasteiger partial charge >= 0.3 is 0 Å².